The number of aliphatic hydroxyl groups excluding tert-OH is 12. The predicted octanol–water partition coefficient (Wildman–Crippen LogP) is -3.26. The molecular weight excluding hydrogens is 848 g/mol. The van der Waals surface area contributed by atoms with E-state index >= 15 is 0 Å². The highest BCUT2D eigenvalue weighted by Gasteiger charge is 2.74. The van der Waals surface area contributed by atoms with Crippen LogP contribution in [0.3, 0.4) is 0 Å². The lowest BCUT2D eigenvalue weighted by Crippen LogP contribution is -2.67. The van der Waals surface area contributed by atoms with Gasteiger partial charge in [-0.25, -0.2) is 0 Å². The Morgan fingerprint density at radius 2 is 1.41 bits per heavy atom. The Labute approximate surface area is 371 Å². The molecular formula is C44H70O20. The lowest BCUT2D eigenvalue weighted by atomic mass is 9.45. The van der Waals surface area contributed by atoms with Crippen LogP contribution in [-0.4, -0.2) is 210 Å². The zero-order chi connectivity index (χ0) is 46.1. The summed E-state index contributed by atoms with van der Waals surface area (Å²) >= 11 is 0. The van der Waals surface area contributed by atoms with Gasteiger partial charge in [0.25, 0.3) is 0 Å². The molecule has 9 aliphatic rings. The fraction of sp³-hybridized carbons (Fsp3) is 0.955. The topological polar surface area (TPSA) is 317 Å². The van der Waals surface area contributed by atoms with E-state index in [-0.39, 0.29) is 54.6 Å². The van der Waals surface area contributed by atoms with Gasteiger partial charge in [-0.3, -0.25) is 0 Å². The van der Waals surface area contributed by atoms with Gasteiger partial charge in [-0.1, -0.05) is 39.3 Å². The smallest absolute Gasteiger partial charge is 0.200 e. The van der Waals surface area contributed by atoms with Crippen molar-refractivity contribution in [2.75, 3.05) is 19.8 Å². The molecule has 12 N–H and O–H groups in total. The van der Waals surface area contributed by atoms with Crippen molar-refractivity contribution in [1.29, 1.82) is 0 Å². The molecule has 0 bridgehead atoms. The van der Waals surface area contributed by atoms with Gasteiger partial charge < -0.3 is 99.2 Å². The van der Waals surface area contributed by atoms with Gasteiger partial charge in [0.15, 0.2) is 24.7 Å². The van der Waals surface area contributed by atoms with E-state index in [2.05, 4.69) is 13.0 Å². The van der Waals surface area contributed by atoms with Crippen LogP contribution < -0.4 is 0 Å². The monoisotopic (exact) mass is 918 g/mol. The minimum absolute atomic E-state index is 0.00188. The first-order chi connectivity index (χ1) is 30.2. The number of allylic oxidation sites excluding steroid dienone is 1. The summed E-state index contributed by atoms with van der Waals surface area (Å²) in [6, 6.07) is 0. The summed E-state index contributed by atoms with van der Waals surface area (Å²) in [7, 11) is 0. The molecule has 0 amide bonds. The molecule has 1 spiro atoms. The molecule has 0 radical (unpaired) electrons. The summed E-state index contributed by atoms with van der Waals surface area (Å²) in [5.74, 6) is -2.53. The largest absolute Gasteiger partial charge is 0.394 e. The van der Waals surface area contributed by atoms with E-state index in [0.29, 0.717) is 25.7 Å². The third-order valence-electron chi connectivity index (χ3n) is 17.7. The van der Waals surface area contributed by atoms with Gasteiger partial charge in [0, 0.05) is 35.0 Å². The van der Waals surface area contributed by atoms with Crippen LogP contribution in [0, 0.1) is 46.3 Å². The van der Waals surface area contributed by atoms with E-state index in [0.717, 1.165) is 5.57 Å². The van der Waals surface area contributed by atoms with Crippen molar-refractivity contribution in [3.63, 3.8) is 0 Å². The van der Waals surface area contributed by atoms with Crippen molar-refractivity contribution in [2.24, 2.45) is 46.3 Å². The molecule has 0 unspecified atom stereocenters. The number of ether oxygens (including phenoxy) is 8. The van der Waals surface area contributed by atoms with E-state index in [1.807, 2.05) is 20.8 Å². The van der Waals surface area contributed by atoms with Crippen LogP contribution in [0.2, 0.25) is 0 Å². The first-order valence-electron chi connectivity index (χ1n) is 23.2. The minimum Gasteiger partial charge on any atom is -0.394 e. The molecule has 20 nitrogen and oxygen atoms in total. The molecule has 366 valence electrons. The Morgan fingerprint density at radius 3 is 2.12 bits per heavy atom. The lowest BCUT2D eigenvalue weighted by Gasteiger charge is -2.62. The zero-order valence-electron chi connectivity index (χ0n) is 36.9. The molecule has 3 saturated carbocycles. The third-order valence-corrected chi connectivity index (χ3v) is 17.7. The van der Waals surface area contributed by atoms with Crippen LogP contribution in [0.25, 0.3) is 0 Å². The molecule has 4 aliphatic carbocycles. The zero-order valence-corrected chi connectivity index (χ0v) is 36.9. The molecule has 0 aromatic carbocycles. The fourth-order valence-electron chi connectivity index (χ4n) is 13.9. The summed E-state index contributed by atoms with van der Waals surface area (Å²) in [6.07, 6.45) is -23.4. The first kappa shape index (κ1) is 48.0. The van der Waals surface area contributed by atoms with E-state index in [4.69, 9.17) is 37.9 Å². The number of hydrogen-bond acceptors (Lipinski definition) is 20. The number of aliphatic hydroxyl groups is 12. The number of rotatable bonds is 7. The average molecular weight is 919 g/mol. The van der Waals surface area contributed by atoms with Gasteiger partial charge in [-0.15, -0.1) is 0 Å². The van der Waals surface area contributed by atoms with Gasteiger partial charge in [-0.05, 0) is 50.4 Å². The van der Waals surface area contributed by atoms with Crippen molar-refractivity contribution < 1.29 is 99.2 Å². The Kier molecular flexibility index (Phi) is 13.1. The van der Waals surface area contributed by atoms with E-state index < -0.39 is 146 Å². The summed E-state index contributed by atoms with van der Waals surface area (Å²) < 4.78 is 50.0. The van der Waals surface area contributed by atoms with Crippen LogP contribution >= 0.6 is 0 Å². The highest BCUT2D eigenvalue weighted by Crippen LogP contribution is 2.71. The Morgan fingerprint density at radius 1 is 0.703 bits per heavy atom. The van der Waals surface area contributed by atoms with Crippen LogP contribution in [0.5, 0.6) is 0 Å². The van der Waals surface area contributed by atoms with Crippen molar-refractivity contribution in [1.82, 2.24) is 0 Å². The fourth-order valence-corrected chi connectivity index (χ4v) is 13.9. The van der Waals surface area contributed by atoms with Crippen molar-refractivity contribution in [2.45, 2.75) is 195 Å². The molecule has 8 fully saturated rings. The maximum atomic E-state index is 12.5. The summed E-state index contributed by atoms with van der Waals surface area (Å²) in [5.41, 5.74) is -0.601. The molecule has 20 heteroatoms. The lowest BCUT2D eigenvalue weighted by molar-refractivity contribution is -0.393. The Balaban J connectivity index is 1.03. The molecule has 5 heterocycles. The molecule has 64 heavy (non-hydrogen) atoms. The van der Waals surface area contributed by atoms with E-state index in [9.17, 15) is 61.3 Å². The molecule has 0 aromatic heterocycles. The summed E-state index contributed by atoms with van der Waals surface area (Å²) in [5, 5.41) is 132. The van der Waals surface area contributed by atoms with Gasteiger partial charge in [0.2, 0.25) is 0 Å². The maximum Gasteiger partial charge on any atom is 0.200 e. The minimum atomic E-state index is -1.83. The second-order valence-corrected chi connectivity index (χ2v) is 21.0. The van der Waals surface area contributed by atoms with Crippen LogP contribution in [0.1, 0.15) is 66.7 Å². The average Bonchev–Trinajstić information content (AvgIpc) is 3.72. The molecule has 5 saturated heterocycles. The molecule has 29 atom stereocenters. The third kappa shape index (κ3) is 7.24. The highest BCUT2D eigenvalue weighted by molar-refractivity contribution is 5.30. The second-order valence-electron chi connectivity index (χ2n) is 21.0. The van der Waals surface area contributed by atoms with Gasteiger partial charge >= 0.3 is 0 Å². The number of hydrogen-bond donors (Lipinski definition) is 12. The predicted molar refractivity (Wildman–Crippen MR) is 214 cm³/mol. The summed E-state index contributed by atoms with van der Waals surface area (Å²) in [4.78, 5) is 0. The van der Waals surface area contributed by atoms with Crippen molar-refractivity contribution >= 4 is 0 Å². The van der Waals surface area contributed by atoms with E-state index in [1.54, 1.807) is 0 Å². The van der Waals surface area contributed by atoms with E-state index in [1.165, 1.54) is 6.92 Å². The van der Waals surface area contributed by atoms with Gasteiger partial charge in [0.1, 0.15) is 67.1 Å². The molecule has 0 aromatic rings. The van der Waals surface area contributed by atoms with Crippen molar-refractivity contribution in [3.05, 3.63) is 11.6 Å². The highest BCUT2D eigenvalue weighted by atomic mass is 16.8. The Hall–Kier alpha value is -1.06. The van der Waals surface area contributed by atoms with Gasteiger partial charge in [0.05, 0.1) is 56.4 Å². The molecule has 5 aliphatic heterocycles. The quantitative estimate of drug-likeness (QED) is 0.112. The molecule has 9 rings (SSSR count). The normalized spacial score (nSPS) is 59.7. The maximum absolute atomic E-state index is 12.5. The second kappa shape index (κ2) is 17.4. The van der Waals surface area contributed by atoms with Crippen LogP contribution in [0.15, 0.2) is 11.6 Å². The van der Waals surface area contributed by atoms with Crippen LogP contribution in [0.4, 0.5) is 0 Å². The van der Waals surface area contributed by atoms with Crippen LogP contribution in [-0.2, 0) is 37.9 Å². The SMILES string of the molecule is C[C@@H]1CO[C@@]2(O[C@H]3C[C@H]4[C@H]5CC=C6C[C@@H](O)C[C@@H](O[C@@H]7O[C@H](CO)[C@@H](O)[C@H](O[C@@H]8OC[C@@H](O)[C@H](O)[C@H]8O)[C@H]7O[C@@H]7O[C@@H](C)[C@H](O)[C@@H](O)[C@H]7O)[C@]6(C)[C@H]5C[C@@H](O)[C@]4(C)[C@H]3[C@@H]2C)[C@@H](O)[C@H]1O. The Bertz CT molecular complexity index is 1710. The van der Waals surface area contributed by atoms with Crippen molar-refractivity contribution in [3.8, 4) is 0 Å². The standard InChI is InChI=1S/C44H70O20/c1-15-13-58-44(38(56)29(15)49)16(2)28-24(64-44)10-21-20-7-6-18-8-19(46)9-27(42(18,4)22(20)11-26(48)43(21,28)5)61-41-37(63-40-35(55)33(53)30(50)17(3)59-40)36(32(52)25(12-45)60-41)62-39-34(54)31(51)23(47)14-57-39/h6,15-17,19-41,45-56H,7-14H2,1-5H3/t15-,16+,17+,19-,20-,21+,22+,23-,24+,25-,26-,27-,28+,29+,30+,31+,32-,33-,34-,35-,36+,37-,38+,39+,40+,41+,42+,43-,44+/m1/s1. The van der Waals surface area contributed by atoms with Gasteiger partial charge in [-0.2, -0.15) is 0 Å². The number of fused-ring (bicyclic) bond motifs is 7. The first-order valence-corrected chi connectivity index (χ1v) is 23.2. The summed E-state index contributed by atoms with van der Waals surface area (Å²) in [6.45, 7) is 8.39.